The van der Waals surface area contributed by atoms with E-state index in [1.807, 2.05) is 0 Å². The number of hydrogen-bond donors (Lipinski definition) is 1. The van der Waals surface area contributed by atoms with Crippen LogP contribution in [0.3, 0.4) is 0 Å². The molecule has 0 spiro atoms. The average molecular weight is 211 g/mol. The van der Waals surface area contributed by atoms with Crippen molar-refractivity contribution in [3.8, 4) is 10.9 Å². The van der Waals surface area contributed by atoms with Gasteiger partial charge in [-0.2, -0.15) is 0 Å². The molecule has 0 bridgehead atoms. The zero-order valence-corrected chi connectivity index (χ0v) is 7.79. The highest BCUT2D eigenvalue weighted by molar-refractivity contribution is 7.11. The molecule has 2 N–H and O–H groups in total. The van der Waals surface area contributed by atoms with E-state index >= 15 is 0 Å². The molecule has 0 radical (unpaired) electrons. The summed E-state index contributed by atoms with van der Waals surface area (Å²) in [5.74, 6) is -0.152. The van der Waals surface area contributed by atoms with Crippen LogP contribution in [-0.4, -0.2) is 10.2 Å². The molecule has 1 aromatic carbocycles. The first-order valence-corrected chi connectivity index (χ1v) is 4.63. The SMILES string of the molecule is Nc1ccc(F)cc1Oc1nncs1. The fourth-order valence-electron chi connectivity index (χ4n) is 0.898. The van der Waals surface area contributed by atoms with Crippen LogP contribution < -0.4 is 10.5 Å². The fourth-order valence-corrected chi connectivity index (χ4v) is 1.31. The van der Waals surface area contributed by atoms with E-state index in [2.05, 4.69) is 10.2 Å². The first-order chi connectivity index (χ1) is 6.75. The van der Waals surface area contributed by atoms with Crippen molar-refractivity contribution in [2.45, 2.75) is 0 Å². The number of nitrogens with zero attached hydrogens (tertiary/aromatic N) is 2. The molecule has 1 heterocycles. The van der Waals surface area contributed by atoms with Gasteiger partial charge in [0, 0.05) is 6.07 Å². The van der Waals surface area contributed by atoms with Crippen LogP contribution in [0.2, 0.25) is 0 Å². The Hall–Kier alpha value is -1.69. The molecular weight excluding hydrogens is 205 g/mol. The molecule has 0 atom stereocenters. The zero-order chi connectivity index (χ0) is 9.97. The molecule has 0 saturated heterocycles. The van der Waals surface area contributed by atoms with Gasteiger partial charge in [-0.25, -0.2) is 4.39 Å². The first-order valence-electron chi connectivity index (χ1n) is 3.75. The molecule has 0 aliphatic carbocycles. The number of benzene rings is 1. The minimum Gasteiger partial charge on any atom is -0.427 e. The van der Waals surface area contributed by atoms with Crippen molar-refractivity contribution in [2.75, 3.05) is 5.73 Å². The van der Waals surface area contributed by atoms with Crippen molar-refractivity contribution in [3.05, 3.63) is 29.5 Å². The summed E-state index contributed by atoms with van der Waals surface area (Å²) >= 11 is 1.21. The molecule has 72 valence electrons. The Morgan fingerprint density at radius 2 is 2.29 bits per heavy atom. The zero-order valence-electron chi connectivity index (χ0n) is 6.98. The van der Waals surface area contributed by atoms with Gasteiger partial charge in [0.2, 0.25) is 0 Å². The lowest BCUT2D eigenvalue weighted by Gasteiger charge is -2.03. The molecule has 0 aliphatic rings. The number of hydrogen-bond acceptors (Lipinski definition) is 5. The predicted molar refractivity (Wildman–Crippen MR) is 50.8 cm³/mol. The minimum absolute atomic E-state index is 0.252. The van der Waals surface area contributed by atoms with Gasteiger partial charge in [0.15, 0.2) is 5.75 Å². The van der Waals surface area contributed by atoms with Gasteiger partial charge in [-0.1, -0.05) is 16.4 Å². The van der Waals surface area contributed by atoms with Crippen molar-refractivity contribution >= 4 is 17.0 Å². The molecule has 0 saturated carbocycles. The van der Waals surface area contributed by atoms with E-state index in [0.717, 1.165) is 0 Å². The molecule has 14 heavy (non-hydrogen) atoms. The second-order valence-corrected chi connectivity index (χ2v) is 3.28. The number of rotatable bonds is 2. The van der Waals surface area contributed by atoms with Crippen LogP contribution in [0.4, 0.5) is 10.1 Å². The van der Waals surface area contributed by atoms with Gasteiger partial charge in [0.25, 0.3) is 5.19 Å². The van der Waals surface area contributed by atoms with E-state index < -0.39 is 5.82 Å². The molecule has 1 aromatic heterocycles. The highest BCUT2D eigenvalue weighted by atomic mass is 32.1. The van der Waals surface area contributed by atoms with Crippen LogP contribution in [0.15, 0.2) is 23.7 Å². The quantitative estimate of drug-likeness (QED) is 0.772. The summed E-state index contributed by atoms with van der Waals surface area (Å²) < 4.78 is 18.0. The monoisotopic (exact) mass is 211 g/mol. The lowest BCUT2D eigenvalue weighted by molar-refractivity contribution is 0.470. The van der Waals surface area contributed by atoms with Gasteiger partial charge < -0.3 is 10.5 Å². The highest BCUT2D eigenvalue weighted by Gasteiger charge is 2.05. The molecule has 0 unspecified atom stereocenters. The van der Waals surface area contributed by atoms with E-state index in [1.165, 1.54) is 35.0 Å². The minimum atomic E-state index is -0.404. The first kappa shape index (κ1) is 8.89. The normalized spacial score (nSPS) is 10.1. The van der Waals surface area contributed by atoms with Crippen LogP contribution in [0.1, 0.15) is 0 Å². The predicted octanol–water partition coefficient (Wildman–Crippen LogP) is 2.05. The standard InChI is InChI=1S/C8H6FN3OS/c9-5-1-2-6(10)7(3-5)13-8-12-11-4-14-8/h1-4H,10H2. The van der Waals surface area contributed by atoms with Crippen LogP contribution in [0.5, 0.6) is 10.9 Å². The number of nitrogen functional groups attached to an aromatic ring is 1. The summed E-state index contributed by atoms with van der Waals surface area (Å²) in [5, 5.41) is 7.57. The summed E-state index contributed by atoms with van der Waals surface area (Å²) in [6.45, 7) is 0. The third-order valence-electron chi connectivity index (χ3n) is 1.51. The van der Waals surface area contributed by atoms with Crippen LogP contribution >= 0.6 is 11.3 Å². The molecule has 2 rings (SSSR count). The maximum absolute atomic E-state index is 12.8. The van der Waals surface area contributed by atoms with Crippen molar-refractivity contribution in [1.82, 2.24) is 10.2 Å². The van der Waals surface area contributed by atoms with Crippen LogP contribution in [-0.2, 0) is 0 Å². The van der Waals surface area contributed by atoms with E-state index in [4.69, 9.17) is 10.5 Å². The Labute approximate surface area is 83.2 Å². The fraction of sp³-hybridized carbons (Fsp3) is 0. The maximum atomic E-state index is 12.8. The molecule has 2 aromatic rings. The largest absolute Gasteiger partial charge is 0.427 e. The number of aromatic nitrogens is 2. The van der Waals surface area contributed by atoms with Gasteiger partial charge in [0.05, 0.1) is 5.69 Å². The summed E-state index contributed by atoms with van der Waals surface area (Å²) in [4.78, 5) is 0. The lowest BCUT2D eigenvalue weighted by atomic mass is 10.3. The molecular formula is C8H6FN3OS. The summed E-state index contributed by atoms with van der Waals surface area (Å²) in [5.41, 5.74) is 7.45. The molecule has 0 fully saturated rings. The summed E-state index contributed by atoms with van der Waals surface area (Å²) in [7, 11) is 0. The summed E-state index contributed by atoms with van der Waals surface area (Å²) in [6.07, 6.45) is 0. The third kappa shape index (κ3) is 1.80. The Kier molecular flexibility index (Phi) is 2.28. The van der Waals surface area contributed by atoms with Gasteiger partial charge in [-0.05, 0) is 12.1 Å². The molecule has 0 amide bonds. The van der Waals surface area contributed by atoms with E-state index in [-0.39, 0.29) is 5.75 Å². The summed E-state index contributed by atoms with van der Waals surface area (Å²) in [6, 6.07) is 3.91. The van der Waals surface area contributed by atoms with Crippen molar-refractivity contribution in [3.63, 3.8) is 0 Å². The second kappa shape index (κ2) is 3.59. The Bertz CT molecular complexity index is 432. The Morgan fingerprint density at radius 1 is 1.43 bits per heavy atom. The van der Waals surface area contributed by atoms with Crippen LogP contribution in [0.25, 0.3) is 0 Å². The van der Waals surface area contributed by atoms with Gasteiger partial charge in [-0.15, -0.1) is 5.10 Å². The Balaban J connectivity index is 2.28. The maximum Gasteiger partial charge on any atom is 0.299 e. The second-order valence-electron chi connectivity index (χ2n) is 2.49. The number of halogens is 1. The number of nitrogens with two attached hydrogens (primary N) is 1. The molecule has 0 aliphatic heterocycles. The van der Waals surface area contributed by atoms with E-state index in [0.29, 0.717) is 10.9 Å². The lowest BCUT2D eigenvalue weighted by Crippen LogP contribution is -1.92. The smallest absolute Gasteiger partial charge is 0.299 e. The van der Waals surface area contributed by atoms with E-state index in [9.17, 15) is 4.39 Å². The molecule has 6 heteroatoms. The van der Waals surface area contributed by atoms with E-state index in [1.54, 1.807) is 0 Å². The highest BCUT2D eigenvalue weighted by Crippen LogP contribution is 2.28. The number of anilines is 1. The average Bonchev–Trinajstić information content (AvgIpc) is 2.64. The van der Waals surface area contributed by atoms with Gasteiger partial charge in [0.1, 0.15) is 11.3 Å². The number of ether oxygens (including phenoxy) is 1. The van der Waals surface area contributed by atoms with Crippen molar-refractivity contribution < 1.29 is 9.13 Å². The Morgan fingerprint density at radius 3 is 3.00 bits per heavy atom. The topological polar surface area (TPSA) is 61.0 Å². The van der Waals surface area contributed by atoms with Crippen molar-refractivity contribution in [2.24, 2.45) is 0 Å². The van der Waals surface area contributed by atoms with Crippen LogP contribution in [0, 0.1) is 5.82 Å². The van der Waals surface area contributed by atoms with Gasteiger partial charge in [-0.3, -0.25) is 0 Å². The van der Waals surface area contributed by atoms with Gasteiger partial charge >= 0.3 is 0 Å². The third-order valence-corrected chi connectivity index (χ3v) is 2.08. The van der Waals surface area contributed by atoms with Crippen molar-refractivity contribution in [1.29, 1.82) is 0 Å². The molecule has 4 nitrogen and oxygen atoms in total.